The van der Waals surface area contributed by atoms with E-state index in [1.54, 1.807) is 0 Å². The largest absolute Gasteiger partial charge is 0.379 e. The molecule has 1 saturated heterocycles. The smallest absolute Gasteiger partial charge is 0.188 e. The number of nitrogens with two attached hydrogens (primary N) is 1. The fourth-order valence-electron chi connectivity index (χ4n) is 3.70. The molecule has 3 N–H and O–H groups in total. The number of ether oxygens (including phenoxy) is 1. The Hall–Kier alpha value is -0.810. The van der Waals surface area contributed by atoms with Gasteiger partial charge in [-0.2, -0.15) is 0 Å². The van der Waals surface area contributed by atoms with E-state index in [0.717, 1.165) is 52.4 Å². The minimum atomic E-state index is 0.319. The zero-order valence-corrected chi connectivity index (χ0v) is 15.1. The molecule has 5 heteroatoms. The summed E-state index contributed by atoms with van der Waals surface area (Å²) >= 11 is 0. The SMILES string of the molecule is CC(C)CCNC(N)=NCC1(CN2CCOCC2)CCCCC1. The van der Waals surface area contributed by atoms with E-state index in [1.807, 2.05) is 0 Å². The van der Waals surface area contributed by atoms with Crippen LogP contribution in [0.25, 0.3) is 0 Å². The molecule has 0 atom stereocenters. The molecule has 0 aromatic rings. The average Bonchev–Trinajstić information content (AvgIpc) is 2.55. The number of aliphatic imine (C=N–C) groups is 1. The lowest BCUT2D eigenvalue weighted by molar-refractivity contribution is 0.00938. The number of morpholine rings is 1. The fourth-order valence-corrected chi connectivity index (χ4v) is 3.70. The third kappa shape index (κ3) is 6.68. The molecule has 134 valence electrons. The van der Waals surface area contributed by atoms with Gasteiger partial charge in [-0.25, -0.2) is 0 Å². The van der Waals surface area contributed by atoms with Gasteiger partial charge in [0, 0.05) is 38.1 Å². The first kappa shape index (κ1) is 18.5. The van der Waals surface area contributed by atoms with Crippen LogP contribution in [0.2, 0.25) is 0 Å². The van der Waals surface area contributed by atoms with E-state index < -0.39 is 0 Å². The molecule has 0 amide bonds. The van der Waals surface area contributed by atoms with Crippen molar-refractivity contribution in [2.75, 3.05) is 45.9 Å². The third-order valence-electron chi connectivity index (χ3n) is 5.19. The molecule has 2 rings (SSSR count). The Kier molecular flexibility index (Phi) is 7.63. The number of nitrogens with one attached hydrogen (secondary N) is 1. The second-order valence-electron chi connectivity index (χ2n) is 7.76. The van der Waals surface area contributed by atoms with Gasteiger partial charge in [-0.1, -0.05) is 33.1 Å². The Morgan fingerprint density at radius 2 is 1.91 bits per heavy atom. The Balaban J connectivity index is 1.86. The maximum Gasteiger partial charge on any atom is 0.188 e. The van der Waals surface area contributed by atoms with E-state index >= 15 is 0 Å². The van der Waals surface area contributed by atoms with Crippen LogP contribution in [0.5, 0.6) is 0 Å². The molecule has 23 heavy (non-hydrogen) atoms. The minimum Gasteiger partial charge on any atom is -0.379 e. The molecule has 1 aliphatic carbocycles. The van der Waals surface area contributed by atoms with Gasteiger partial charge in [-0.05, 0) is 25.2 Å². The van der Waals surface area contributed by atoms with Crippen molar-refractivity contribution < 1.29 is 4.74 Å². The lowest BCUT2D eigenvalue weighted by Gasteiger charge is -2.41. The first-order valence-electron chi connectivity index (χ1n) is 9.44. The molecule has 2 fully saturated rings. The highest BCUT2D eigenvalue weighted by molar-refractivity contribution is 5.77. The maximum atomic E-state index is 6.07. The van der Waals surface area contributed by atoms with Crippen LogP contribution in [0.3, 0.4) is 0 Å². The summed E-state index contributed by atoms with van der Waals surface area (Å²) in [6, 6.07) is 0. The number of hydrogen-bond acceptors (Lipinski definition) is 3. The molecule has 0 aromatic carbocycles. The Morgan fingerprint density at radius 1 is 1.22 bits per heavy atom. The zero-order chi connectivity index (χ0) is 16.5. The second-order valence-corrected chi connectivity index (χ2v) is 7.76. The van der Waals surface area contributed by atoms with Crippen molar-refractivity contribution in [3.63, 3.8) is 0 Å². The number of guanidine groups is 1. The van der Waals surface area contributed by atoms with Gasteiger partial charge in [-0.3, -0.25) is 9.89 Å². The van der Waals surface area contributed by atoms with Gasteiger partial charge in [0.1, 0.15) is 0 Å². The molecule has 1 saturated carbocycles. The number of hydrogen-bond donors (Lipinski definition) is 2. The minimum absolute atomic E-state index is 0.319. The van der Waals surface area contributed by atoms with E-state index in [2.05, 4.69) is 24.1 Å². The summed E-state index contributed by atoms with van der Waals surface area (Å²) in [5.74, 6) is 1.32. The van der Waals surface area contributed by atoms with E-state index in [4.69, 9.17) is 15.5 Å². The van der Waals surface area contributed by atoms with Crippen LogP contribution in [0, 0.1) is 11.3 Å². The summed E-state index contributed by atoms with van der Waals surface area (Å²) in [6.07, 6.45) is 7.74. The summed E-state index contributed by atoms with van der Waals surface area (Å²) in [7, 11) is 0. The lowest BCUT2D eigenvalue weighted by Crippen LogP contribution is -2.46. The van der Waals surface area contributed by atoms with Gasteiger partial charge in [0.05, 0.1) is 13.2 Å². The highest BCUT2D eigenvalue weighted by Gasteiger charge is 2.34. The predicted molar refractivity (Wildman–Crippen MR) is 96.7 cm³/mol. The molecule has 5 nitrogen and oxygen atoms in total. The van der Waals surface area contributed by atoms with Crippen molar-refractivity contribution in [3.8, 4) is 0 Å². The summed E-state index contributed by atoms with van der Waals surface area (Å²) < 4.78 is 5.48. The van der Waals surface area contributed by atoms with Gasteiger partial charge in [0.25, 0.3) is 0 Å². The molecular formula is C18H36N4O. The van der Waals surface area contributed by atoms with Gasteiger partial charge in [0.15, 0.2) is 5.96 Å². The first-order valence-corrected chi connectivity index (χ1v) is 9.44. The summed E-state index contributed by atoms with van der Waals surface area (Å²) in [6.45, 7) is 11.3. The average molecular weight is 325 g/mol. The Morgan fingerprint density at radius 3 is 2.57 bits per heavy atom. The van der Waals surface area contributed by atoms with Crippen molar-refractivity contribution in [1.29, 1.82) is 0 Å². The van der Waals surface area contributed by atoms with Gasteiger partial charge in [0.2, 0.25) is 0 Å². The van der Waals surface area contributed by atoms with Crippen LogP contribution >= 0.6 is 0 Å². The lowest BCUT2D eigenvalue weighted by atomic mass is 9.73. The summed E-state index contributed by atoms with van der Waals surface area (Å²) in [4.78, 5) is 7.27. The van der Waals surface area contributed by atoms with Crippen LogP contribution in [0.1, 0.15) is 52.4 Å². The van der Waals surface area contributed by atoms with Crippen molar-refractivity contribution in [1.82, 2.24) is 10.2 Å². The first-order chi connectivity index (χ1) is 11.1. The third-order valence-corrected chi connectivity index (χ3v) is 5.19. The van der Waals surface area contributed by atoms with Crippen LogP contribution < -0.4 is 11.1 Å². The van der Waals surface area contributed by atoms with Crippen LogP contribution in [-0.2, 0) is 4.74 Å². The van der Waals surface area contributed by atoms with Gasteiger partial charge < -0.3 is 15.8 Å². The molecular weight excluding hydrogens is 288 g/mol. The van der Waals surface area contributed by atoms with E-state index in [1.165, 1.54) is 32.1 Å². The van der Waals surface area contributed by atoms with Crippen molar-refractivity contribution >= 4 is 5.96 Å². The molecule has 0 unspecified atom stereocenters. The standard InChI is InChI=1S/C18H36N4O/c1-16(2)6-9-20-17(19)21-14-18(7-4-3-5-8-18)15-22-10-12-23-13-11-22/h16H,3-15H2,1-2H3,(H3,19,20,21). The molecule has 0 spiro atoms. The van der Waals surface area contributed by atoms with Crippen molar-refractivity contribution in [3.05, 3.63) is 0 Å². The van der Waals surface area contributed by atoms with E-state index in [9.17, 15) is 0 Å². The molecule has 1 aliphatic heterocycles. The molecule has 1 heterocycles. The summed E-state index contributed by atoms with van der Waals surface area (Å²) in [5, 5.41) is 3.27. The van der Waals surface area contributed by atoms with Crippen molar-refractivity contribution in [2.24, 2.45) is 22.1 Å². The molecule has 0 radical (unpaired) electrons. The van der Waals surface area contributed by atoms with E-state index in [-0.39, 0.29) is 0 Å². The topological polar surface area (TPSA) is 62.9 Å². The molecule has 0 bridgehead atoms. The fraction of sp³-hybridized carbons (Fsp3) is 0.944. The van der Waals surface area contributed by atoms with Gasteiger partial charge in [-0.15, -0.1) is 0 Å². The Bertz CT molecular complexity index is 358. The molecule has 0 aromatic heterocycles. The van der Waals surface area contributed by atoms with Crippen LogP contribution in [0.4, 0.5) is 0 Å². The number of rotatable bonds is 7. The predicted octanol–water partition coefficient (Wildman–Crippen LogP) is 2.22. The Labute approximate surface area is 142 Å². The van der Waals surface area contributed by atoms with Crippen LogP contribution in [0.15, 0.2) is 4.99 Å². The van der Waals surface area contributed by atoms with E-state index in [0.29, 0.717) is 17.3 Å². The quantitative estimate of drug-likeness (QED) is 0.557. The number of nitrogens with zero attached hydrogens (tertiary/aromatic N) is 2. The molecule has 2 aliphatic rings. The highest BCUT2D eigenvalue weighted by Crippen LogP contribution is 2.37. The normalized spacial score (nSPS) is 23.2. The second kappa shape index (κ2) is 9.48. The monoisotopic (exact) mass is 324 g/mol. The zero-order valence-electron chi connectivity index (χ0n) is 15.1. The highest BCUT2D eigenvalue weighted by atomic mass is 16.5. The van der Waals surface area contributed by atoms with Crippen LogP contribution in [-0.4, -0.2) is 56.8 Å². The van der Waals surface area contributed by atoms with Gasteiger partial charge >= 0.3 is 0 Å². The maximum absolute atomic E-state index is 6.07. The summed E-state index contributed by atoms with van der Waals surface area (Å²) in [5.41, 5.74) is 6.39. The van der Waals surface area contributed by atoms with Crippen molar-refractivity contribution in [2.45, 2.75) is 52.4 Å².